The second-order valence-electron chi connectivity index (χ2n) is 5.05. The molecule has 0 N–H and O–H groups in total. The van der Waals surface area contributed by atoms with E-state index in [4.69, 9.17) is 4.74 Å². The van der Waals surface area contributed by atoms with E-state index < -0.39 is 0 Å². The van der Waals surface area contributed by atoms with Gasteiger partial charge in [0.1, 0.15) is 0 Å². The van der Waals surface area contributed by atoms with Crippen molar-refractivity contribution in [1.82, 2.24) is 4.90 Å². The number of carbonyl (C=O) groups excluding carboxylic acids is 2. The topological polar surface area (TPSA) is 49.9 Å². The lowest BCUT2D eigenvalue weighted by Gasteiger charge is -2.17. The van der Waals surface area contributed by atoms with E-state index in [0.29, 0.717) is 17.7 Å². The summed E-state index contributed by atoms with van der Waals surface area (Å²) in [7, 11) is 0. The highest BCUT2D eigenvalue weighted by Crippen LogP contribution is 2.31. The van der Waals surface area contributed by atoms with Crippen LogP contribution in [0.2, 0.25) is 0 Å². The standard InChI is InChI=1S/C14H15NO3/c1-8(12-9(2)18-12)7-15-13(16)10-5-3-4-6-11(10)14(15)17/h3-6,8-9,12H,7H2,1-2H3. The molecule has 1 saturated heterocycles. The summed E-state index contributed by atoms with van der Waals surface area (Å²) in [6.45, 7) is 4.45. The number of epoxide rings is 1. The largest absolute Gasteiger partial charge is 0.370 e. The van der Waals surface area contributed by atoms with Crippen molar-refractivity contribution in [2.75, 3.05) is 6.54 Å². The Morgan fingerprint density at radius 1 is 1.22 bits per heavy atom. The molecule has 3 rings (SSSR count). The fourth-order valence-corrected chi connectivity index (χ4v) is 2.60. The van der Waals surface area contributed by atoms with Crippen molar-refractivity contribution < 1.29 is 14.3 Å². The van der Waals surface area contributed by atoms with Crippen molar-refractivity contribution in [2.45, 2.75) is 26.1 Å². The van der Waals surface area contributed by atoms with Crippen LogP contribution >= 0.6 is 0 Å². The second-order valence-corrected chi connectivity index (χ2v) is 5.05. The van der Waals surface area contributed by atoms with Crippen molar-refractivity contribution in [3.05, 3.63) is 35.4 Å². The predicted octanol–water partition coefficient (Wildman–Crippen LogP) is 1.71. The number of ether oxygens (including phenoxy) is 1. The molecule has 1 aromatic carbocycles. The van der Waals surface area contributed by atoms with E-state index in [-0.39, 0.29) is 29.9 Å². The first-order valence-electron chi connectivity index (χ1n) is 6.20. The Morgan fingerprint density at radius 2 is 1.72 bits per heavy atom. The Balaban J connectivity index is 1.79. The lowest BCUT2D eigenvalue weighted by atomic mass is 10.1. The zero-order chi connectivity index (χ0) is 12.9. The monoisotopic (exact) mass is 245 g/mol. The number of rotatable bonds is 3. The first-order chi connectivity index (χ1) is 8.59. The lowest BCUT2D eigenvalue weighted by molar-refractivity contribution is 0.0625. The van der Waals surface area contributed by atoms with Gasteiger partial charge in [-0.1, -0.05) is 19.1 Å². The number of fused-ring (bicyclic) bond motifs is 1. The number of imide groups is 1. The molecule has 0 aliphatic carbocycles. The summed E-state index contributed by atoms with van der Waals surface area (Å²) in [4.78, 5) is 25.6. The van der Waals surface area contributed by atoms with Crippen LogP contribution in [0, 0.1) is 5.92 Å². The van der Waals surface area contributed by atoms with Crippen molar-refractivity contribution in [3.8, 4) is 0 Å². The molecule has 18 heavy (non-hydrogen) atoms. The summed E-state index contributed by atoms with van der Waals surface area (Å²) >= 11 is 0. The summed E-state index contributed by atoms with van der Waals surface area (Å²) in [6.07, 6.45) is 0.421. The zero-order valence-corrected chi connectivity index (χ0v) is 10.4. The molecule has 4 heteroatoms. The highest BCUT2D eigenvalue weighted by atomic mass is 16.6. The summed E-state index contributed by atoms with van der Waals surface area (Å²) in [5.74, 6) is -0.186. The first kappa shape index (κ1) is 11.4. The van der Waals surface area contributed by atoms with Gasteiger partial charge in [0.05, 0.1) is 23.3 Å². The van der Waals surface area contributed by atoms with Crippen LogP contribution in [-0.4, -0.2) is 35.5 Å². The third-order valence-corrected chi connectivity index (χ3v) is 3.67. The summed E-state index contributed by atoms with van der Waals surface area (Å²) < 4.78 is 5.39. The number of benzene rings is 1. The summed E-state index contributed by atoms with van der Waals surface area (Å²) in [5, 5.41) is 0. The van der Waals surface area contributed by atoms with Gasteiger partial charge in [0.25, 0.3) is 11.8 Å². The molecule has 0 bridgehead atoms. The molecule has 2 amide bonds. The molecule has 0 spiro atoms. The maximum atomic E-state index is 12.1. The second kappa shape index (κ2) is 3.92. The van der Waals surface area contributed by atoms with Crippen molar-refractivity contribution in [3.63, 3.8) is 0 Å². The molecular formula is C14H15NO3. The number of hydrogen-bond donors (Lipinski definition) is 0. The van der Waals surface area contributed by atoms with Crippen LogP contribution in [0.3, 0.4) is 0 Å². The maximum Gasteiger partial charge on any atom is 0.261 e. The fourth-order valence-electron chi connectivity index (χ4n) is 2.60. The lowest BCUT2D eigenvalue weighted by Crippen LogP contribution is -2.35. The average Bonchev–Trinajstić information content (AvgIpc) is 3.06. The normalized spacial score (nSPS) is 27.3. The van der Waals surface area contributed by atoms with Gasteiger partial charge in [-0.3, -0.25) is 14.5 Å². The van der Waals surface area contributed by atoms with E-state index in [2.05, 4.69) is 0 Å². The van der Waals surface area contributed by atoms with Crippen LogP contribution < -0.4 is 0 Å². The number of nitrogens with zero attached hydrogens (tertiary/aromatic N) is 1. The summed E-state index contributed by atoms with van der Waals surface area (Å²) in [5.41, 5.74) is 1.03. The molecular weight excluding hydrogens is 230 g/mol. The number of amides is 2. The van der Waals surface area contributed by atoms with Crippen molar-refractivity contribution >= 4 is 11.8 Å². The molecule has 2 aliphatic heterocycles. The van der Waals surface area contributed by atoms with Gasteiger partial charge in [-0.2, -0.15) is 0 Å². The summed E-state index contributed by atoms with van der Waals surface area (Å²) in [6, 6.07) is 6.97. The third kappa shape index (κ3) is 1.64. The van der Waals surface area contributed by atoms with Crippen molar-refractivity contribution in [2.24, 2.45) is 5.92 Å². The smallest absolute Gasteiger partial charge is 0.261 e. The van der Waals surface area contributed by atoms with E-state index in [1.54, 1.807) is 24.3 Å². The van der Waals surface area contributed by atoms with Gasteiger partial charge < -0.3 is 4.74 Å². The Hall–Kier alpha value is -1.68. The van der Waals surface area contributed by atoms with Crippen LogP contribution in [0.1, 0.15) is 34.6 Å². The van der Waals surface area contributed by atoms with Gasteiger partial charge in [-0.05, 0) is 19.1 Å². The highest BCUT2D eigenvalue weighted by Gasteiger charge is 2.43. The number of hydrogen-bond acceptors (Lipinski definition) is 3. The Bertz CT molecular complexity index is 491. The van der Waals surface area contributed by atoms with Gasteiger partial charge >= 0.3 is 0 Å². The molecule has 2 heterocycles. The average molecular weight is 245 g/mol. The van der Waals surface area contributed by atoms with E-state index in [1.165, 1.54) is 4.90 Å². The SMILES string of the molecule is CC(CN1C(=O)c2ccccc2C1=O)C1OC1C. The van der Waals surface area contributed by atoms with E-state index in [0.717, 1.165) is 0 Å². The van der Waals surface area contributed by atoms with Gasteiger partial charge in [0.2, 0.25) is 0 Å². The molecule has 4 nitrogen and oxygen atoms in total. The fraction of sp³-hybridized carbons (Fsp3) is 0.429. The minimum Gasteiger partial charge on any atom is -0.370 e. The van der Waals surface area contributed by atoms with Gasteiger partial charge in [0, 0.05) is 12.5 Å². The quantitative estimate of drug-likeness (QED) is 0.601. The van der Waals surface area contributed by atoms with Gasteiger partial charge in [0.15, 0.2) is 0 Å². The Kier molecular flexibility index (Phi) is 2.48. The molecule has 94 valence electrons. The van der Waals surface area contributed by atoms with Crippen molar-refractivity contribution in [1.29, 1.82) is 0 Å². The molecule has 3 atom stereocenters. The molecule has 1 aromatic rings. The Morgan fingerprint density at radius 3 is 2.17 bits per heavy atom. The van der Waals surface area contributed by atoms with Crippen LogP contribution in [-0.2, 0) is 4.74 Å². The minimum atomic E-state index is -0.184. The van der Waals surface area contributed by atoms with Gasteiger partial charge in [-0.25, -0.2) is 0 Å². The zero-order valence-electron chi connectivity index (χ0n) is 10.4. The molecule has 3 unspecified atom stereocenters. The minimum absolute atomic E-state index is 0.175. The molecule has 0 radical (unpaired) electrons. The van der Waals surface area contributed by atoms with Crippen LogP contribution in [0.4, 0.5) is 0 Å². The molecule has 0 aromatic heterocycles. The first-order valence-corrected chi connectivity index (χ1v) is 6.20. The molecule has 0 saturated carbocycles. The third-order valence-electron chi connectivity index (χ3n) is 3.67. The van der Waals surface area contributed by atoms with E-state index in [1.807, 2.05) is 13.8 Å². The predicted molar refractivity (Wildman–Crippen MR) is 65.3 cm³/mol. The van der Waals surface area contributed by atoms with Gasteiger partial charge in [-0.15, -0.1) is 0 Å². The van der Waals surface area contributed by atoms with E-state index >= 15 is 0 Å². The highest BCUT2D eigenvalue weighted by molar-refractivity contribution is 6.21. The van der Waals surface area contributed by atoms with Crippen LogP contribution in [0.5, 0.6) is 0 Å². The number of carbonyl (C=O) groups is 2. The van der Waals surface area contributed by atoms with Crippen LogP contribution in [0.15, 0.2) is 24.3 Å². The Labute approximate surface area is 106 Å². The maximum absolute atomic E-state index is 12.1. The van der Waals surface area contributed by atoms with Crippen LogP contribution in [0.25, 0.3) is 0 Å². The molecule has 1 fully saturated rings. The van der Waals surface area contributed by atoms with E-state index in [9.17, 15) is 9.59 Å². The molecule has 2 aliphatic rings.